The Bertz CT molecular complexity index is 943. The molecule has 8 nitrogen and oxygen atoms in total. The summed E-state index contributed by atoms with van der Waals surface area (Å²) in [5.41, 5.74) is 0.382. The molecule has 25 heavy (non-hydrogen) atoms. The van der Waals surface area contributed by atoms with Gasteiger partial charge in [-0.2, -0.15) is 5.10 Å². The number of nitrogens with zero attached hydrogens (tertiary/aromatic N) is 5. The molecule has 2 aromatic heterocycles. The zero-order chi connectivity index (χ0) is 17.8. The van der Waals surface area contributed by atoms with E-state index in [4.69, 9.17) is 0 Å². The van der Waals surface area contributed by atoms with Crippen LogP contribution in [0.3, 0.4) is 0 Å². The van der Waals surface area contributed by atoms with Gasteiger partial charge in [-0.3, -0.25) is 9.59 Å². The summed E-state index contributed by atoms with van der Waals surface area (Å²) < 4.78 is 3.05. The van der Waals surface area contributed by atoms with Crippen molar-refractivity contribution in [3.8, 4) is 0 Å². The van der Waals surface area contributed by atoms with Crippen molar-refractivity contribution in [3.63, 3.8) is 0 Å². The average Bonchev–Trinajstić information content (AvgIpc) is 3.05. The zero-order valence-electron chi connectivity index (χ0n) is 14.2. The van der Waals surface area contributed by atoms with Gasteiger partial charge in [-0.25, -0.2) is 9.36 Å². The van der Waals surface area contributed by atoms with E-state index in [2.05, 4.69) is 20.7 Å². The summed E-state index contributed by atoms with van der Waals surface area (Å²) in [6.07, 6.45) is 2.43. The number of hydrogen-bond donors (Lipinski definition) is 1. The number of aryl methyl sites for hydroxylation is 1. The van der Waals surface area contributed by atoms with Crippen LogP contribution in [0.2, 0.25) is 0 Å². The molecule has 0 aliphatic heterocycles. The summed E-state index contributed by atoms with van der Waals surface area (Å²) in [5, 5.41) is 15.5. The first-order valence-electron chi connectivity index (χ1n) is 8.22. The molecule has 1 aromatic carbocycles. The third-order valence-electron chi connectivity index (χ3n) is 3.83. The minimum absolute atomic E-state index is 0.121. The first-order valence-corrected chi connectivity index (χ1v) is 8.22. The number of nitrogens with one attached hydrogen (secondary N) is 1. The molecule has 0 fully saturated rings. The third kappa shape index (κ3) is 3.73. The normalized spacial score (nSPS) is 11.2. The number of carbonyl (C=O) groups is 1. The molecule has 1 amide bonds. The fraction of sp³-hybridized carbons (Fsp3) is 0.353. The van der Waals surface area contributed by atoms with Crippen molar-refractivity contribution in [2.24, 2.45) is 0 Å². The fourth-order valence-corrected chi connectivity index (χ4v) is 2.59. The van der Waals surface area contributed by atoms with Gasteiger partial charge in [-0.1, -0.05) is 17.3 Å². The summed E-state index contributed by atoms with van der Waals surface area (Å²) in [6, 6.07) is 9.00. The van der Waals surface area contributed by atoms with E-state index in [9.17, 15) is 9.59 Å². The van der Waals surface area contributed by atoms with E-state index in [0.29, 0.717) is 29.7 Å². The van der Waals surface area contributed by atoms with Crippen LogP contribution >= 0.6 is 0 Å². The molecule has 3 aromatic rings. The molecule has 0 saturated heterocycles. The maximum atomic E-state index is 12.3. The molecule has 130 valence electrons. The summed E-state index contributed by atoms with van der Waals surface area (Å²) >= 11 is 0. The van der Waals surface area contributed by atoms with Gasteiger partial charge >= 0.3 is 0 Å². The second kappa shape index (κ2) is 7.25. The predicted octanol–water partition coefficient (Wildman–Crippen LogP) is 1.99. The molecule has 0 saturated carbocycles. The SMILES string of the molecule is CC(C)n1nccc1NC(=O)CCCn1nnc2ccccc2c1=O. The molecule has 0 spiro atoms. The lowest BCUT2D eigenvalue weighted by Crippen LogP contribution is -2.25. The van der Waals surface area contributed by atoms with Gasteiger partial charge in [-0.05, 0) is 32.4 Å². The van der Waals surface area contributed by atoms with Crippen LogP contribution in [0.5, 0.6) is 0 Å². The Morgan fingerprint density at radius 3 is 2.84 bits per heavy atom. The molecule has 8 heteroatoms. The van der Waals surface area contributed by atoms with Gasteiger partial charge in [0.1, 0.15) is 11.3 Å². The first-order chi connectivity index (χ1) is 12.1. The number of amides is 1. The van der Waals surface area contributed by atoms with Crippen LogP contribution in [-0.4, -0.2) is 30.7 Å². The minimum atomic E-state index is -0.191. The Labute approximate surface area is 144 Å². The Hall–Kier alpha value is -3.03. The lowest BCUT2D eigenvalue weighted by atomic mass is 10.2. The molecule has 0 radical (unpaired) electrons. The van der Waals surface area contributed by atoms with Crippen LogP contribution in [-0.2, 0) is 11.3 Å². The number of benzene rings is 1. The lowest BCUT2D eigenvalue weighted by molar-refractivity contribution is -0.116. The van der Waals surface area contributed by atoms with Crippen LogP contribution in [0.4, 0.5) is 5.82 Å². The Kier molecular flexibility index (Phi) is 4.87. The van der Waals surface area contributed by atoms with E-state index >= 15 is 0 Å². The highest BCUT2D eigenvalue weighted by atomic mass is 16.2. The number of carbonyl (C=O) groups excluding carboxylic acids is 1. The molecule has 1 N–H and O–H groups in total. The monoisotopic (exact) mass is 340 g/mol. The number of rotatable bonds is 6. The Morgan fingerprint density at radius 1 is 1.24 bits per heavy atom. The van der Waals surface area contributed by atoms with Gasteiger partial charge < -0.3 is 5.32 Å². The molecule has 0 aliphatic rings. The first kappa shape index (κ1) is 16.8. The fourth-order valence-electron chi connectivity index (χ4n) is 2.59. The van der Waals surface area contributed by atoms with Gasteiger partial charge in [0, 0.05) is 25.1 Å². The molecular formula is C17H20N6O2. The highest BCUT2D eigenvalue weighted by molar-refractivity contribution is 5.89. The average molecular weight is 340 g/mol. The smallest absolute Gasteiger partial charge is 0.277 e. The second-order valence-electron chi connectivity index (χ2n) is 6.04. The number of aromatic nitrogens is 5. The second-order valence-corrected chi connectivity index (χ2v) is 6.04. The topological polar surface area (TPSA) is 94.7 Å². The van der Waals surface area contributed by atoms with Crippen LogP contribution < -0.4 is 10.9 Å². The van der Waals surface area contributed by atoms with E-state index in [1.807, 2.05) is 19.9 Å². The lowest BCUT2D eigenvalue weighted by Gasteiger charge is -2.11. The Morgan fingerprint density at radius 2 is 2.04 bits per heavy atom. The number of fused-ring (bicyclic) bond motifs is 1. The summed E-state index contributed by atoms with van der Waals surface area (Å²) in [4.78, 5) is 24.4. The van der Waals surface area contributed by atoms with Crippen LogP contribution in [0.1, 0.15) is 32.7 Å². The number of anilines is 1. The number of hydrogen-bond acceptors (Lipinski definition) is 5. The third-order valence-corrected chi connectivity index (χ3v) is 3.83. The van der Waals surface area contributed by atoms with Gasteiger partial charge in [0.25, 0.3) is 5.56 Å². The molecule has 2 heterocycles. The van der Waals surface area contributed by atoms with E-state index in [1.165, 1.54) is 4.68 Å². The molecule has 0 unspecified atom stereocenters. The minimum Gasteiger partial charge on any atom is -0.311 e. The maximum absolute atomic E-state index is 12.3. The summed E-state index contributed by atoms with van der Waals surface area (Å²) in [6.45, 7) is 4.33. The van der Waals surface area contributed by atoms with Crippen molar-refractivity contribution >= 4 is 22.6 Å². The van der Waals surface area contributed by atoms with Gasteiger partial charge in [-0.15, -0.1) is 5.10 Å². The highest BCUT2D eigenvalue weighted by Crippen LogP contribution is 2.13. The molecule has 3 rings (SSSR count). The van der Waals surface area contributed by atoms with E-state index in [-0.39, 0.29) is 23.9 Å². The largest absolute Gasteiger partial charge is 0.311 e. The molecule has 0 aliphatic carbocycles. The van der Waals surface area contributed by atoms with Crippen LogP contribution in [0.15, 0.2) is 41.3 Å². The van der Waals surface area contributed by atoms with E-state index in [0.717, 1.165) is 0 Å². The molecular weight excluding hydrogens is 320 g/mol. The van der Waals surface area contributed by atoms with Gasteiger partial charge in [0.15, 0.2) is 0 Å². The zero-order valence-corrected chi connectivity index (χ0v) is 14.2. The highest BCUT2D eigenvalue weighted by Gasteiger charge is 2.10. The Balaban J connectivity index is 1.59. The van der Waals surface area contributed by atoms with Crippen molar-refractivity contribution in [2.45, 2.75) is 39.3 Å². The van der Waals surface area contributed by atoms with E-state index in [1.54, 1.807) is 35.1 Å². The van der Waals surface area contributed by atoms with Crippen molar-refractivity contribution in [1.82, 2.24) is 24.8 Å². The summed E-state index contributed by atoms with van der Waals surface area (Å²) in [5.74, 6) is 0.548. The van der Waals surface area contributed by atoms with Gasteiger partial charge in [0.05, 0.1) is 11.6 Å². The summed E-state index contributed by atoms with van der Waals surface area (Å²) in [7, 11) is 0. The van der Waals surface area contributed by atoms with Crippen molar-refractivity contribution in [2.75, 3.05) is 5.32 Å². The predicted molar refractivity (Wildman–Crippen MR) is 94.3 cm³/mol. The van der Waals surface area contributed by atoms with Crippen LogP contribution in [0.25, 0.3) is 10.9 Å². The quantitative estimate of drug-likeness (QED) is 0.740. The van der Waals surface area contributed by atoms with Gasteiger partial charge in [0.2, 0.25) is 5.91 Å². The maximum Gasteiger partial charge on any atom is 0.277 e. The standard InChI is InChI=1S/C17H20N6O2/c1-12(2)23-15(9-10-18-23)19-16(24)8-5-11-22-17(25)13-6-3-4-7-14(13)20-21-22/h3-4,6-7,9-10,12H,5,8,11H2,1-2H3,(H,19,24). The van der Waals surface area contributed by atoms with Crippen molar-refractivity contribution in [1.29, 1.82) is 0 Å². The van der Waals surface area contributed by atoms with Crippen molar-refractivity contribution in [3.05, 3.63) is 46.9 Å². The van der Waals surface area contributed by atoms with Crippen LogP contribution in [0, 0.1) is 0 Å². The molecule has 0 bridgehead atoms. The molecule has 0 atom stereocenters. The van der Waals surface area contributed by atoms with Crippen molar-refractivity contribution < 1.29 is 4.79 Å². The van der Waals surface area contributed by atoms with E-state index < -0.39 is 0 Å².